The standard InChI is InChI=1S/C17H19Cl2N5O2/c18-12-2-1-3-13(19)16(12)23-15-11-21-14(10-22-15)17(25)20-4-5-24-6-8-26-9-7-24/h1-3,10-11H,4-9H2,(H,20,25)(H,22,23). The molecule has 1 saturated heterocycles. The van der Waals surface area contributed by atoms with Crippen molar-refractivity contribution in [2.24, 2.45) is 0 Å². The van der Waals surface area contributed by atoms with Crippen molar-refractivity contribution < 1.29 is 9.53 Å². The van der Waals surface area contributed by atoms with Crippen molar-refractivity contribution in [1.29, 1.82) is 0 Å². The van der Waals surface area contributed by atoms with E-state index in [1.165, 1.54) is 12.4 Å². The van der Waals surface area contributed by atoms with E-state index in [1.54, 1.807) is 18.2 Å². The maximum Gasteiger partial charge on any atom is 0.271 e. The summed E-state index contributed by atoms with van der Waals surface area (Å²) in [5, 5.41) is 6.80. The second-order valence-electron chi connectivity index (χ2n) is 5.72. The van der Waals surface area contributed by atoms with Crippen LogP contribution in [0.1, 0.15) is 10.5 Å². The molecular formula is C17H19Cl2N5O2. The first kappa shape index (κ1) is 18.8. The van der Waals surface area contributed by atoms with Gasteiger partial charge in [0, 0.05) is 26.2 Å². The minimum Gasteiger partial charge on any atom is -0.379 e. The van der Waals surface area contributed by atoms with Crippen molar-refractivity contribution in [3.05, 3.63) is 46.3 Å². The highest BCUT2D eigenvalue weighted by Crippen LogP contribution is 2.31. The lowest BCUT2D eigenvalue weighted by Crippen LogP contribution is -2.41. The number of amides is 1. The largest absolute Gasteiger partial charge is 0.379 e. The molecule has 2 aromatic rings. The number of carbonyl (C=O) groups excluding carboxylic acids is 1. The fourth-order valence-corrected chi connectivity index (χ4v) is 2.99. The van der Waals surface area contributed by atoms with Crippen molar-refractivity contribution in [3.63, 3.8) is 0 Å². The molecule has 1 fully saturated rings. The molecular weight excluding hydrogens is 377 g/mol. The van der Waals surface area contributed by atoms with Gasteiger partial charge in [0.1, 0.15) is 11.5 Å². The molecule has 7 nitrogen and oxygen atoms in total. The van der Waals surface area contributed by atoms with Crippen LogP contribution in [-0.4, -0.2) is 60.2 Å². The number of nitrogens with zero attached hydrogens (tertiary/aromatic N) is 3. The molecule has 0 atom stereocenters. The first-order valence-corrected chi connectivity index (χ1v) is 9.00. The third-order valence-corrected chi connectivity index (χ3v) is 4.55. The maximum absolute atomic E-state index is 12.1. The molecule has 1 aliphatic rings. The van der Waals surface area contributed by atoms with Crippen LogP contribution in [0.2, 0.25) is 10.0 Å². The average molecular weight is 396 g/mol. The van der Waals surface area contributed by atoms with Crippen molar-refractivity contribution in [3.8, 4) is 0 Å². The molecule has 1 aliphatic heterocycles. The van der Waals surface area contributed by atoms with Crippen LogP contribution >= 0.6 is 23.2 Å². The first-order valence-electron chi connectivity index (χ1n) is 8.25. The summed E-state index contributed by atoms with van der Waals surface area (Å²) in [4.78, 5) is 22.7. The molecule has 1 aromatic carbocycles. The second kappa shape index (κ2) is 9.14. The van der Waals surface area contributed by atoms with Gasteiger partial charge in [-0.25, -0.2) is 9.97 Å². The van der Waals surface area contributed by atoms with Crippen LogP contribution in [0.25, 0.3) is 0 Å². The molecule has 0 spiro atoms. The van der Waals surface area contributed by atoms with E-state index in [9.17, 15) is 4.79 Å². The van der Waals surface area contributed by atoms with E-state index in [0.29, 0.717) is 28.1 Å². The zero-order valence-corrected chi connectivity index (χ0v) is 15.6. The van der Waals surface area contributed by atoms with Crippen LogP contribution in [0.15, 0.2) is 30.6 Å². The van der Waals surface area contributed by atoms with Gasteiger partial charge < -0.3 is 15.4 Å². The third kappa shape index (κ3) is 5.04. The summed E-state index contributed by atoms with van der Waals surface area (Å²) in [7, 11) is 0. The zero-order chi connectivity index (χ0) is 18.4. The first-order chi connectivity index (χ1) is 12.6. The molecule has 0 unspecified atom stereocenters. The van der Waals surface area contributed by atoms with Crippen LogP contribution < -0.4 is 10.6 Å². The molecule has 2 N–H and O–H groups in total. The number of nitrogens with one attached hydrogen (secondary N) is 2. The Balaban J connectivity index is 1.52. The van der Waals surface area contributed by atoms with Crippen LogP contribution in [0.4, 0.5) is 11.5 Å². The Morgan fingerprint density at radius 1 is 1.15 bits per heavy atom. The van der Waals surface area contributed by atoms with Crippen LogP contribution in [-0.2, 0) is 4.74 Å². The molecule has 0 radical (unpaired) electrons. The SMILES string of the molecule is O=C(NCCN1CCOCC1)c1cnc(Nc2c(Cl)cccc2Cl)cn1. The Morgan fingerprint density at radius 2 is 1.88 bits per heavy atom. The van der Waals surface area contributed by atoms with Crippen LogP contribution in [0.5, 0.6) is 0 Å². The van der Waals surface area contributed by atoms with Gasteiger partial charge in [0.15, 0.2) is 0 Å². The van der Waals surface area contributed by atoms with E-state index in [0.717, 1.165) is 32.8 Å². The van der Waals surface area contributed by atoms with E-state index >= 15 is 0 Å². The summed E-state index contributed by atoms with van der Waals surface area (Å²) in [6, 6.07) is 5.20. The van der Waals surface area contributed by atoms with Gasteiger partial charge in [0.25, 0.3) is 5.91 Å². The van der Waals surface area contributed by atoms with Gasteiger partial charge in [-0.2, -0.15) is 0 Å². The van der Waals surface area contributed by atoms with E-state index in [1.807, 2.05) is 0 Å². The minimum atomic E-state index is -0.256. The number of anilines is 2. The predicted octanol–water partition coefficient (Wildman–Crippen LogP) is 2.59. The van der Waals surface area contributed by atoms with Gasteiger partial charge >= 0.3 is 0 Å². The van der Waals surface area contributed by atoms with Gasteiger partial charge in [-0.15, -0.1) is 0 Å². The second-order valence-corrected chi connectivity index (χ2v) is 6.53. The monoisotopic (exact) mass is 395 g/mol. The minimum absolute atomic E-state index is 0.253. The Morgan fingerprint density at radius 3 is 2.54 bits per heavy atom. The fourth-order valence-electron chi connectivity index (χ4n) is 2.50. The lowest BCUT2D eigenvalue weighted by molar-refractivity contribution is 0.0383. The van der Waals surface area contributed by atoms with Crippen molar-refractivity contribution in [2.45, 2.75) is 0 Å². The number of rotatable bonds is 6. The Hall–Kier alpha value is -1.93. The molecule has 0 bridgehead atoms. The van der Waals surface area contributed by atoms with Crippen molar-refractivity contribution >= 4 is 40.6 Å². The number of aromatic nitrogens is 2. The molecule has 3 rings (SSSR count). The van der Waals surface area contributed by atoms with Crippen LogP contribution in [0, 0.1) is 0 Å². The summed E-state index contributed by atoms with van der Waals surface area (Å²) in [6.07, 6.45) is 2.88. The topological polar surface area (TPSA) is 79.4 Å². The van der Waals surface area contributed by atoms with Crippen molar-refractivity contribution in [2.75, 3.05) is 44.7 Å². The summed E-state index contributed by atoms with van der Waals surface area (Å²) < 4.78 is 5.30. The predicted molar refractivity (Wildman–Crippen MR) is 101 cm³/mol. The summed E-state index contributed by atoms with van der Waals surface area (Å²) >= 11 is 12.2. The third-order valence-electron chi connectivity index (χ3n) is 3.92. The lowest BCUT2D eigenvalue weighted by Gasteiger charge is -2.26. The number of carbonyl (C=O) groups is 1. The molecule has 9 heteroatoms. The van der Waals surface area contributed by atoms with E-state index in [2.05, 4.69) is 25.5 Å². The van der Waals surface area contributed by atoms with E-state index in [-0.39, 0.29) is 11.6 Å². The summed E-state index contributed by atoms with van der Waals surface area (Å²) in [5.74, 6) is 0.193. The molecule has 0 saturated carbocycles. The van der Waals surface area contributed by atoms with Gasteiger partial charge in [-0.05, 0) is 12.1 Å². The zero-order valence-electron chi connectivity index (χ0n) is 14.0. The molecule has 138 valence electrons. The maximum atomic E-state index is 12.1. The number of benzene rings is 1. The molecule has 2 heterocycles. The lowest BCUT2D eigenvalue weighted by atomic mass is 10.3. The van der Waals surface area contributed by atoms with Gasteiger partial charge in [0.05, 0.1) is 41.3 Å². The van der Waals surface area contributed by atoms with E-state index < -0.39 is 0 Å². The summed E-state index contributed by atoms with van der Waals surface area (Å²) in [6.45, 7) is 4.59. The number of ether oxygens (including phenoxy) is 1. The Bertz CT molecular complexity index is 731. The number of para-hydroxylation sites is 1. The highest BCUT2D eigenvalue weighted by Gasteiger charge is 2.12. The average Bonchev–Trinajstić information content (AvgIpc) is 2.66. The smallest absolute Gasteiger partial charge is 0.271 e. The molecule has 1 aromatic heterocycles. The van der Waals surface area contributed by atoms with Gasteiger partial charge in [0.2, 0.25) is 0 Å². The number of hydrogen-bond donors (Lipinski definition) is 2. The Kier molecular flexibility index (Phi) is 6.62. The van der Waals surface area contributed by atoms with Crippen LogP contribution in [0.3, 0.4) is 0 Å². The van der Waals surface area contributed by atoms with Gasteiger partial charge in [-0.1, -0.05) is 29.3 Å². The fraction of sp³-hybridized carbons (Fsp3) is 0.353. The van der Waals surface area contributed by atoms with E-state index in [4.69, 9.17) is 27.9 Å². The Labute approximate surface area is 161 Å². The quantitative estimate of drug-likeness (QED) is 0.782. The highest BCUT2D eigenvalue weighted by molar-refractivity contribution is 6.39. The van der Waals surface area contributed by atoms with Gasteiger partial charge in [-0.3, -0.25) is 9.69 Å². The highest BCUT2D eigenvalue weighted by atomic mass is 35.5. The molecule has 26 heavy (non-hydrogen) atoms. The van der Waals surface area contributed by atoms with Crippen molar-refractivity contribution in [1.82, 2.24) is 20.2 Å². The number of morpholine rings is 1. The number of halogens is 2. The summed E-state index contributed by atoms with van der Waals surface area (Å²) in [5.41, 5.74) is 0.802. The normalized spacial score (nSPS) is 14.8. The number of hydrogen-bond acceptors (Lipinski definition) is 6. The molecule has 1 amide bonds. The molecule has 0 aliphatic carbocycles.